The second-order valence-corrected chi connectivity index (χ2v) is 8.26. The summed E-state index contributed by atoms with van der Waals surface area (Å²) in [6.07, 6.45) is 0.267. The summed E-state index contributed by atoms with van der Waals surface area (Å²) in [6.45, 7) is 2.76. The maximum absolute atomic E-state index is 12.7. The molecule has 27 heavy (non-hydrogen) atoms. The van der Waals surface area contributed by atoms with Gasteiger partial charge in [-0.25, -0.2) is 4.68 Å². The van der Waals surface area contributed by atoms with Gasteiger partial charge in [0.25, 0.3) is 11.5 Å². The van der Waals surface area contributed by atoms with Crippen LogP contribution in [0.25, 0.3) is 5.69 Å². The molecule has 0 aliphatic heterocycles. The fourth-order valence-electron chi connectivity index (χ4n) is 2.80. The van der Waals surface area contributed by atoms with Crippen molar-refractivity contribution in [2.75, 3.05) is 11.9 Å². The van der Waals surface area contributed by atoms with Crippen molar-refractivity contribution in [3.05, 3.63) is 46.4 Å². The highest BCUT2D eigenvalue weighted by atomic mass is 35.5. The number of hydrogen-bond donors (Lipinski definition) is 1. The lowest BCUT2D eigenvalue weighted by atomic mass is 10.1. The van der Waals surface area contributed by atoms with Crippen molar-refractivity contribution in [3.63, 3.8) is 0 Å². The molecule has 0 unspecified atom stereocenters. The highest BCUT2D eigenvalue weighted by Gasteiger charge is 2.69. The summed E-state index contributed by atoms with van der Waals surface area (Å²) in [5.41, 5.74) is -0.0286. The third-order valence-electron chi connectivity index (χ3n) is 4.86. The SMILES string of the molecule is Cc1c(NC(=O)COC(=O)[C@]2(C)CC2(Cl)Cl)c(=O)n(-c2ccccc2)n1C. The first-order valence-corrected chi connectivity index (χ1v) is 9.03. The Morgan fingerprint density at radius 1 is 1.26 bits per heavy atom. The van der Waals surface area contributed by atoms with Gasteiger partial charge in [0, 0.05) is 13.5 Å². The zero-order chi connectivity index (χ0) is 20.0. The van der Waals surface area contributed by atoms with E-state index in [1.165, 1.54) is 4.68 Å². The molecule has 1 aliphatic rings. The van der Waals surface area contributed by atoms with Crippen LogP contribution in [-0.4, -0.2) is 32.2 Å². The summed E-state index contributed by atoms with van der Waals surface area (Å²) in [6, 6.07) is 9.05. The number of carbonyl (C=O) groups is 2. The molecule has 144 valence electrons. The molecule has 0 bridgehead atoms. The van der Waals surface area contributed by atoms with E-state index in [4.69, 9.17) is 27.9 Å². The minimum Gasteiger partial charge on any atom is -0.455 e. The van der Waals surface area contributed by atoms with Crippen molar-refractivity contribution < 1.29 is 14.3 Å². The average Bonchev–Trinajstić information content (AvgIpc) is 3.08. The minimum atomic E-state index is -1.17. The molecule has 1 aromatic carbocycles. The first-order valence-electron chi connectivity index (χ1n) is 8.27. The Morgan fingerprint density at radius 3 is 2.41 bits per heavy atom. The number of rotatable bonds is 5. The van der Waals surface area contributed by atoms with Crippen molar-refractivity contribution >= 4 is 40.8 Å². The monoisotopic (exact) mass is 411 g/mol. The number of alkyl halides is 2. The van der Waals surface area contributed by atoms with Crippen molar-refractivity contribution in [3.8, 4) is 5.69 Å². The van der Waals surface area contributed by atoms with Crippen LogP contribution >= 0.6 is 23.2 Å². The summed E-state index contributed by atoms with van der Waals surface area (Å²) in [7, 11) is 1.72. The number of nitrogens with one attached hydrogen (secondary N) is 1. The Hall–Kier alpha value is -2.25. The summed E-state index contributed by atoms with van der Waals surface area (Å²) >= 11 is 11.9. The normalized spacial score (nSPS) is 20.2. The Kier molecular flexibility index (Phi) is 4.86. The van der Waals surface area contributed by atoms with Crippen LogP contribution in [0.2, 0.25) is 0 Å². The zero-order valence-corrected chi connectivity index (χ0v) is 16.6. The Labute approximate surface area is 165 Å². The summed E-state index contributed by atoms with van der Waals surface area (Å²) in [5.74, 6) is -1.26. The third kappa shape index (κ3) is 3.37. The van der Waals surface area contributed by atoms with Crippen LogP contribution in [-0.2, 0) is 21.4 Å². The first-order chi connectivity index (χ1) is 12.6. The van der Waals surface area contributed by atoms with E-state index >= 15 is 0 Å². The van der Waals surface area contributed by atoms with Crippen LogP contribution in [0.5, 0.6) is 0 Å². The van der Waals surface area contributed by atoms with Gasteiger partial charge in [-0.2, -0.15) is 0 Å². The van der Waals surface area contributed by atoms with Gasteiger partial charge in [0.2, 0.25) is 0 Å². The lowest BCUT2D eigenvalue weighted by Crippen LogP contribution is -2.28. The Morgan fingerprint density at radius 2 is 1.85 bits per heavy atom. The number of anilines is 1. The predicted molar refractivity (Wildman–Crippen MR) is 102 cm³/mol. The number of hydrogen-bond acceptors (Lipinski definition) is 4. The van der Waals surface area contributed by atoms with E-state index in [0.717, 1.165) is 0 Å². The molecule has 0 spiro atoms. The van der Waals surface area contributed by atoms with Crippen LogP contribution in [0.4, 0.5) is 5.69 Å². The first kappa shape index (κ1) is 19.5. The number of halogens is 2. The van der Waals surface area contributed by atoms with E-state index in [9.17, 15) is 14.4 Å². The standard InChI is InChI=1S/C18H19Cl2N3O4/c1-11-14(15(25)23(22(11)3)12-7-5-4-6-8-12)21-13(24)9-27-16(26)17(2)10-18(17,19)20/h4-8H,9-10H2,1-3H3,(H,21,24)/t17-/m0/s1. The molecule has 1 aliphatic carbocycles. The van der Waals surface area contributed by atoms with Gasteiger partial charge in [0.05, 0.1) is 11.4 Å². The lowest BCUT2D eigenvalue weighted by Gasteiger charge is -2.11. The van der Waals surface area contributed by atoms with Crippen LogP contribution in [0.1, 0.15) is 19.0 Å². The Balaban J connectivity index is 1.72. The van der Waals surface area contributed by atoms with E-state index in [-0.39, 0.29) is 17.7 Å². The number of esters is 1. The minimum absolute atomic E-state index is 0.129. The van der Waals surface area contributed by atoms with Crippen molar-refractivity contribution in [1.82, 2.24) is 9.36 Å². The quantitative estimate of drug-likeness (QED) is 0.605. The summed E-state index contributed by atoms with van der Waals surface area (Å²) in [4.78, 5) is 36.9. The topological polar surface area (TPSA) is 82.3 Å². The molecule has 1 aromatic heterocycles. The van der Waals surface area contributed by atoms with Gasteiger partial charge in [0.1, 0.15) is 15.4 Å². The molecule has 1 saturated carbocycles. The highest BCUT2D eigenvalue weighted by molar-refractivity contribution is 6.53. The predicted octanol–water partition coefficient (Wildman–Crippen LogP) is 2.55. The molecular weight excluding hydrogens is 393 g/mol. The number of nitrogens with zero attached hydrogens (tertiary/aromatic N) is 2. The number of amides is 1. The maximum atomic E-state index is 12.7. The van der Waals surface area contributed by atoms with Crippen LogP contribution < -0.4 is 10.9 Å². The molecule has 1 amide bonds. The largest absolute Gasteiger partial charge is 0.455 e. The number of para-hydroxylation sites is 1. The highest BCUT2D eigenvalue weighted by Crippen LogP contribution is 2.64. The molecule has 1 atom stereocenters. The van der Waals surface area contributed by atoms with Gasteiger partial charge in [-0.15, -0.1) is 23.2 Å². The van der Waals surface area contributed by atoms with Gasteiger partial charge in [-0.3, -0.25) is 19.1 Å². The van der Waals surface area contributed by atoms with Crippen molar-refractivity contribution in [1.29, 1.82) is 0 Å². The van der Waals surface area contributed by atoms with Gasteiger partial charge in [0.15, 0.2) is 6.61 Å². The molecule has 0 radical (unpaired) electrons. The number of ether oxygens (including phenoxy) is 1. The van der Waals surface area contributed by atoms with Gasteiger partial charge < -0.3 is 10.1 Å². The summed E-state index contributed by atoms with van der Waals surface area (Å²) < 4.78 is 6.92. The van der Waals surface area contributed by atoms with E-state index in [1.54, 1.807) is 37.7 Å². The third-order valence-corrected chi connectivity index (χ3v) is 5.96. The van der Waals surface area contributed by atoms with Crippen LogP contribution in [0.15, 0.2) is 35.1 Å². The lowest BCUT2D eigenvalue weighted by molar-refractivity contribution is -0.152. The molecule has 1 fully saturated rings. The van der Waals surface area contributed by atoms with Crippen molar-refractivity contribution in [2.45, 2.75) is 24.6 Å². The van der Waals surface area contributed by atoms with E-state index in [0.29, 0.717) is 11.4 Å². The van der Waals surface area contributed by atoms with E-state index in [2.05, 4.69) is 5.32 Å². The second-order valence-electron chi connectivity index (χ2n) is 6.77. The van der Waals surface area contributed by atoms with Crippen molar-refractivity contribution in [2.24, 2.45) is 12.5 Å². The van der Waals surface area contributed by atoms with Gasteiger partial charge in [-0.05, 0) is 26.0 Å². The molecule has 1 N–H and O–H groups in total. The number of carbonyl (C=O) groups excluding carboxylic acids is 2. The fraction of sp³-hybridized carbons (Fsp3) is 0.389. The Bertz CT molecular complexity index is 965. The zero-order valence-electron chi connectivity index (χ0n) is 15.1. The molecule has 3 rings (SSSR count). The smallest absolute Gasteiger partial charge is 0.315 e. The van der Waals surface area contributed by atoms with Gasteiger partial charge in [-0.1, -0.05) is 18.2 Å². The summed E-state index contributed by atoms with van der Waals surface area (Å²) in [5, 5.41) is 2.52. The molecule has 0 saturated heterocycles. The van der Waals surface area contributed by atoms with E-state index < -0.39 is 28.2 Å². The van der Waals surface area contributed by atoms with E-state index in [1.807, 2.05) is 18.2 Å². The number of benzene rings is 1. The maximum Gasteiger partial charge on any atom is 0.315 e. The van der Waals surface area contributed by atoms with Crippen LogP contribution in [0, 0.1) is 12.3 Å². The number of aromatic nitrogens is 2. The molecular formula is C18H19Cl2N3O4. The molecule has 7 nitrogen and oxygen atoms in total. The van der Waals surface area contributed by atoms with Gasteiger partial charge >= 0.3 is 5.97 Å². The second kappa shape index (κ2) is 6.73. The molecule has 1 heterocycles. The molecule has 2 aromatic rings. The molecule has 9 heteroatoms. The fourth-order valence-corrected chi connectivity index (χ4v) is 3.49. The van der Waals surface area contributed by atoms with Crippen LogP contribution in [0.3, 0.4) is 0 Å². The average molecular weight is 412 g/mol.